The van der Waals surface area contributed by atoms with Crippen LogP contribution in [0.15, 0.2) is 64.7 Å². The van der Waals surface area contributed by atoms with Crippen LogP contribution < -0.4 is 11.1 Å². The van der Waals surface area contributed by atoms with E-state index in [-0.39, 0.29) is 55.7 Å². The van der Waals surface area contributed by atoms with Gasteiger partial charge in [-0.25, -0.2) is 9.59 Å². The van der Waals surface area contributed by atoms with Gasteiger partial charge in [0.1, 0.15) is 12.2 Å². The van der Waals surface area contributed by atoms with Gasteiger partial charge in [-0.3, -0.25) is 4.99 Å². The lowest BCUT2D eigenvalue weighted by Gasteiger charge is -2.46. The van der Waals surface area contributed by atoms with Crippen molar-refractivity contribution in [2.75, 3.05) is 46.6 Å². The quantitative estimate of drug-likeness (QED) is 0.0213. The molecule has 7 atom stereocenters. The smallest absolute Gasteiger partial charge is 0.339 e. The Morgan fingerprint density at radius 1 is 1.21 bits per heavy atom. The Balaban J connectivity index is 2.04. The monoisotopic (exact) mass is 670 g/mol. The molecule has 0 radical (unpaired) electrons. The van der Waals surface area contributed by atoms with Crippen LogP contribution in [0.1, 0.15) is 6.42 Å². The fourth-order valence-corrected chi connectivity index (χ4v) is 5.09. The van der Waals surface area contributed by atoms with Crippen LogP contribution in [0.3, 0.4) is 0 Å². The van der Waals surface area contributed by atoms with E-state index >= 15 is 0 Å². The van der Waals surface area contributed by atoms with Gasteiger partial charge in [-0.05, 0) is 12.0 Å². The Kier molecular flexibility index (Phi) is 13.5. The van der Waals surface area contributed by atoms with E-state index < -0.39 is 67.1 Å². The number of carbonyl (C=O) groups is 2. The number of carboxylic acid groups (broad SMARTS) is 1. The van der Waals surface area contributed by atoms with E-state index in [9.17, 15) is 45.3 Å². The SMILES string of the molecule is C=C[C@H]1[C@H](O[C@@H]2O[C@H](CO)[C@@H](O)C(O)(O)[C@H]2O)OC=C(C(=O)OC)[C@H]1/C=C/C1=C(NC(N)=NCCCO)C(C(=O)O)=CN(CCO)C1. The minimum absolute atomic E-state index is 0.0156. The van der Waals surface area contributed by atoms with Crippen LogP contribution in [-0.2, 0) is 28.5 Å². The first kappa shape index (κ1) is 37.6. The fraction of sp³-hybridized carbons (Fsp3) is 0.552. The molecular weight excluding hydrogens is 628 g/mol. The van der Waals surface area contributed by atoms with E-state index in [1.165, 1.54) is 24.4 Å². The van der Waals surface area contributed by atoms with E-state index in [0.29, 0.717) is 12.0 Å². The predicted molar refractivity (Wildman–Crippen MR) is 160 cm³/mol. The summed E-state index contributed by atoms with van der Waals surface area (Å²) in [4.78, 5) is 30.7. The van der Waals surface area contributed by atoms with Crippen LogP contribution in [-0.4, -0.2) is 147 Å². The van der Waals surface area contributed by atoms with Crippen molar-refractivity contribution in [3.63, 3.8) is 0 Å². The normalized spacial score (nSPS) is 29.6. The average Bonchev–Trinajstić information content (AvgIpc) is 3.04. The molecule has 18 heteroatoms. The lowest BCUT2D eigenvalue weighted by Crippen LogP contribution is -2.68. The zero-order valence-electron chi connectivity index (χ0n) is 25.6. The number of guanidine groups is 1. The standard InChI is InChI=1S/C29H42N4O14/c1-3-16-17(6-5-15-11-33(8-10-35)12-18(24(39)40)21(15)32-28(30)31-7-4-9-34)19(25(41)44-2)14-45-26(16)47-27-23(38)29(42,43)22(37)20(13-36)46-27/h3,5-6,12,14,16-17,20,22-23,26-27,34-38,42-43H,1,4,7-11,13H2,2H3,(H,39,40)(H3,30,31,32)/b6-5+/t16-,17+,20-,22-,23+,26+,27+/m1/s1. The second kappa shape index (κ2) is 16.8. The van der Waals surface area contributed by atoms with Crippen molar-refractivity contribution in [2.24, 2.45) is 22.6 Å². The first-order chi connectivity index (χ1) is 22.3. The summed E-state index contributed by atoms with van der Waals surface area (Å²) in [7, 11) is 1.14. The molecule has 0 spiro atoms. The Hall–Kier alpha value is -3.85. The van der Waals surface area contributed by atoms with Gasteiger partial charge < -0.3 is 75.8 Å². The number of nitrogens with one attached hydrogen (secondary N) is 1. The van der Waals surface area contributed by atoms with Crippen molar-refractivity contribution < 1.29 is 69.4 Å². The summed E-state index contributed by atoms with van der Waals surface area (Å²) in [6, 6.07) is 0. The minimum atomic E-state index is -3.13. The van der Waals surface area contributed by atoms with Crippen molar-refractivity contribution >= 4 is 17.9 Å². The number of carbonyl (C=O) groups excluding carboxylic acids is 1. The maximum atomic E-state index is 12.8. The number of esters is 1. The number of rotatable bonds is 14. The summed E-state index contributed by atoms with van der Waals surface area (Å²) in [6.45, 7) is 2.86. The summed E-state index contributed by atoms with van der Waals surface area (Å²) in [5.74, 6) is -7.26. The van der Waals surface area contributed by atoms with Gasteiger partial charge in [0, 0.05) is 38.4 Å². The topological polar surface area (TPSA) is 287 Å². The minimum Gasteiger partial charge on any atom is -0.478 e. The molecule has 0 amide bonds. The predicted octanol–water partition coefficient (Wildman–Crippen LogP) is -3.67. The molecule has 47 heavy (non-hydrogen) atoms. The van der Waals surface area contributed by atoms with Crippen LogP contribution in [0.2, 0.25) is 0 Å². The molecule has 0 aromatic heterocycles. The Morgan fingerprint density at radius 3 is 2.53 bits per heavy atom. The van der Waals surface area contributed by atoms with Gasteiger partial charge in [0.15, 0.2) is 18.4 Å². The van der Waals surface area contributed by atoms with Crippen LogP contribution >= 0.6 is 0 Å². The van der Waals surface area contributed by atoms with Crippen LogP contribution in [0, 0.1) is 11.8 Å². The number of aliphatic hydroxyl groups excluding tert-OH is 5. The first-order valence-electron chi connectivity index (χ1n) is 14.5. The third-order valence-corrected chi connectivity index (χ3v) is 7.60. The van der Waals surface area contributed by atoms with Crippen molar-refractivity contribution in [1.29, 1.82) is 0 Å². The highest BCUT2D eigenvalue weighted by atomic mass is 16.8. The highest BCUT2D eigenvalue weighted by molar-refractivity contribution is 5.95. The molecule has 1 fully saturated rings. The summed E-state index contributed by atoms with van der Waals surface area (Å²) >= 11 is 0. The Labute approximate surface area is 269 Å². The van der Waals surface area contributed by atoms with E-state index in [0.717, 1.165) is 13.4 Å². The molecule has 3 rings (SSSR count). The zero-order valence-corrected chi connectivity index (χ0v) is 25.6. The van der Waals surface area contributed by atoms with Gasteiger partial charge in [0.2, 0.25) is 12.1 Å². The summed E-state index contributed by atoms with van der Waals surface area (Å²) < 4.78 is 21.6. The van der Waals surface area contributed by atoms with Crippen molar-refractivity contribution in [3.05, 3.63) is 59.7 Å². The number of allylic oxidation sites excluding steroid dienone is 1. The lowest BCUT2D eigenvalue weighted by molar-refractivity contribution is -0.404. The van der Waals surface area contributed by atoms with E-state index in [1.807, 2.05) is 0 Å². The van der Waals surface area contributed by atoms with Gasteiger partial charge in [-0.1, -0.05) is 18.2 Å². The van der Waals surface area contributed by atoms with Crippen molar-refractivity contribution in [2.45, 2.75) is 43.1 Å². The number of aliphatic imine (C=N–C) groups is 1. The summed E-state index contributed by atoms with van der Waals surface area (Å²) in [5, 5.41) is 82.0. The largest absolute Gasteiger partial charge is 0.478 e. The molecule has 3 aliphatic rings. The first-order valence-corrected chi connectivity index (χ1v) is 14.5. The van der Waals surface area contributed by atoms with E-state index in [1.54, 1.807) is 4.90 Å². The molecule has 0 bridgehead atoms. The number of aliphatic carboxylic acids is 1. The molecule has 3 heterocycles. The lowest BCUT2D eigenvalue weighted by atomic mass is 9.83. The summed E-state index contributed by atoms with van der Waals surface area (Å²) in [6.07, 6.45) is -2.01. The van der Waals surface area contributed by atoms with Gasteiger partial charge in [-0.2, -0.15) is 0 Å². The zero-order chi connectivity index (χ0) is 34.9. The van der Waals surface area contributed by atoms with Crippen LogP contribution in [0.25, 0.3) is 0 Å². The number of carboxylic acids is 1. The Morgan fingerprint density at radius 2 is 1.94 bits per heavy atom. The summed E-state index contributed by atoms with van der Waals surface area (Å²) in [5.41, 5.74) is 6.20. The number of nitrogens with zero attached hydrogens (tertiary/aromatic N) is 2. The molecule has 262 valence electrons. The second-order valence-electron chi connectivity index (χ2n) is 10.7. The van der Waals surface area contributed by atoms with Crippen LogP contribution in [0.4, 0.5) is 0 Å². The highest BCUT2D eigenvalue weighted by Crippen LogP contribution is 2.37. The highest BCUT2D eigenvalue weighted by Gasteiger charge is 2.56. The molecule has 0 aliphatic carbocycles. The van der Waals surface area contributed by atoms with E-state index in [4.69, 9.17) is 29.8 Å². The maximum Gasteiger partial charge on any atom is 0.339 e. The van der Waals surface area contributed by atoms with Gasteiger partial charge in [0.05, 0.1) is 49.3 Å². The van der Waals surface area contributed by atoms with Crippen LogP contribution in [0.5, 0.6) is 0 Å². The Bertz CT molecular complexity index is 1300. The molecule has 18 nitrogen and oxygen atoms in total. The number of β-amino-alcohol motifs (C(OH)–C–C–N with tert-alkyl or cyclic N) is 1. The number of hydrogen-bond acceptors (Lipinski definition) is 15. The molecule has 3 aliphatic heterocycles. The van der Waals surface area contributed by atoms with Crippen molar-refractivity contribution in [1.82, 2.24) is 10.2 Å². The van der Waals surface area contributed by atoms with Crippen molar-refractivity contribution in [3.8, 4) is 0 Å². The average molecular weight is 671 g/mol. The number of ether oxygens (including phenoxy) is 4. The third-order valence-electron chi connectivity index (χ3n) is 7.60. The fourth-order valence-electron chi connectivity index (χ4n) is 5.09. The molecule has 0 unspecified atom stereocenters. The number of hydrogen-bond donors (Lipinski definition) is 10. The number of methoxy groups -OCH3 is 1. The van der Waals surface area contributed by atoms with Gasteiger partial charge >= 0.3 is 11.9 Å². The molecule has 11 N–H and O–H groups in total. The molecular formula is C29H42N4O14. The number of nitrogens with two attached hydrogens (primary N) is 1. The molecule has 0 saturated carbocycles. The third kappa shape index (κ3) is 8.74. The maximum absolute atomic E-state index is 12.8. The molecule has 1 saturated heterocycles. The molecule has 0 aromatic carbocycles. The number of aliphatic hydroxyl groups is 7. The molecule has 0 aromatic rings. The second-order valence-corrected chi connectivity index (χ2v) is 10.7. The van der Waals surface area contributed by atoms with E-state index in [2.05, 4.69) is 16.9 Å². The van der Waals surface area contributed by atoms with Gasteiger partial charge in [-0.15, -0.1) is 6.58 Å². The van der Waals surface area contributed by atoms with Gasteiger partial charge in [0.25, 0.3) is 0 Å².